The highest BCUT2D eigenvalue weighted by molar-refractivity contribution is 5.54. The smallest absolute Gasteiger partial charge is 0.383 e. The van der Waals surface area contributed by atoms with E-state index in [2.05, 4.69) is 15.3 Å². The van der Waals surface area contributed by atoms with Crippen LogP contribution in [0.5, 0.6) is 0 Å². The molecule has 4 nitrogen and oxygen atoms in total. The van der Waals surface area contributed by atoms with E-state index in [1.165, 1.54) is 6.33 Å². The van der Waals surface area contributed by atoms with Crippen LogP contribution in [0, 0.1) is 0 Å². The quantitative estimate of drug-likeness (QED) is 0.785. The predicted octanol–water partition coefficient (Wildman–Crippen LogP) is 2.38. The van der Waals surface area contributed by atoms with Gasteiger partial charge in [0.25, 0.3) is 0 Å². The summed E-state index contributed by atoms with van der Waals surface area (Å²) in [6.45, 7) is 2.10. The maximum atomic E-state index is 11.9. The van der Waals surface area contributed by atoms with E-state index in [0.29, 0.717) is 18.1 Å². The van der Waals surface area contributed by atoms with E-state index < -0.39 is 12.6 Å². The summed E-state index contributed by atoms with van der Waals surface area (Å²) in [5, 5.41) is 2.85. The fourth-order valence-electron chi connectivity index (χ4n) is 1.42. The van der Waals surface area contributed by atoms with E-state index in [9.17, 15) is 13.2 Å². The van der Waals surface area contributed by atoms with Gasteiger partial charge >= 0.3 is 6.18 Å². The number of aromatic nitrogens is 2. The van der Waals surface area contributed by atoms with E-state index in [-0.39, 0.29) is 13.0 Å². The third-order valence-corrected chi connectivity index (χ3v) is 2.26. The zero-order valence-corrected chi connectivity index (χ0v) is 9.51. The highest BCUT2D eigenvalue weighted by atomic mass is 19.4. The minimum atomic E-state index is -4.11. The second kappa shape index (κ2) is 5.70. The highest BCUT2D eigenvalue weighted by Gasteiger charge is 2.25. The van der Waals surface area contributed by atoms with Crippen LogP contribution < -0.4 is 11.1 Å². The first-order valence-electron chi connectivity index (χ1n) is 5.34. The molecule has 0 atom stereocenters. The van der Waals surface area contributed by atoms with Crippen LogP contribution in [0.1, 0.15) is 25.3 Å². The van der Waals surface area contributed by atoms with E-state index >= 15 is 0 Å². The van der Waals surface area contributed by atoms with Gasteiger partial charge in [-0.2, -0.15) is 13.2 Å². The molecule has 17 heavy (non-hydrogen) atoms. The molecule has 0 radical (unpaired) electrons. The van der Waals surface area contributed by atoms with Gasteiger partial charge in [-0.25, -0.2) is 9.97 Å². The molecule has 1 aromatic rings. The summed E-state index contributed by atoms with van der Waals surface area (Å²) in [6.07, 6.45) is -2.98. The molecule has 0 aliphatic carbocycles. The molecule has 0 saturated carbocycles. The van der Waals surface area contributed by atoms with Gasteiger partial charge in [0.2, 0.25) is 0 Å². The Kier molecular flexibility index (Phi) is 4.53. The summed E-state index contributed by atoms with van der Waals surface area (Å²) in [6, 6.07) is 0. The monoisotopic (exact) mass is 248 g/mol. The number of halogens is 3. The Morgan fingerprint density at radius 1 is 1.35 bits per heavy atom. The molecule has 0 unspecified atom stereocenters. The van der Waals surface area contributed by atoms with Crippen LogP contribution in [0.3, 0.4) is 0 Å². The third-order valence-electron chi connectivity index (χ3n) is 2.26. The molecule has 0 aliphatic rings. The number of nitrogens with two attached hydrogens (primary N) is 1. The van der Waals surface area contributed by atoms with E-state index in [1.807, 2.05) is 6.92 Å². The van der Waals surface area contributed by atoms with Crippen molar-refractivity contribution in [3.8, 4) is 0 Å². The van der Waals surface area contributed by atoms with E-state index in [0.717, 1.165) is 5.56 Å². The minimum absolute atomic E-state index is 0.0105. The molecular formula is C10H15F3N4. The highest BCUT2D eigenvalue weighted by Crippen LogP contribution is 2.22. The van der Waals surface area contributed by atoms with Gasteiger partial charge in [-0.15, -0.1) is 0 Å². The standard InChI is InChI=1S/C10H15F3N4/c1-2-7-8(14)16-6-17-9(7)15-5-3-4-10(11,12)13/h6H,2-5H2,1H3,(H3,14,15,16,17). The molecule has 0 saturated heterocycles. The van der Waals surface area contributed by atoms with Crippen molar-refractivity contribution >= 4 is 11.6 Å². The van der Waals surface area contributed by atoms with Crippen molar-refractivity contribution in [2.75, 3.05) is 17.6 Å². The van der Waals surface area contributed by atoms with Crippen molar-refractivity contribution in [2.45, 2.75) is 32.4 Å². The Labute approximate surface area is 97.4 Å². The predicted molar refractivity (Wildman–Crippen MR) is 59.6 cm³/mol. The Hall–Kier alpha value is -1.53. The lowest BCUT2D eigenvalue weighted by Crippen LogP contribution is -2.13. The molecule has 0 amide bonds. The van der Waals surface area contributed by atoms with Crippen molar-refractivity contribution in [1.29, 1.82) is 0 Å². The third kappa shape index (κ3) is 4.46. The van der Waals surface area contributed by atoms with Crippen LogP contribution in [0.4, 0.5) is 24.8 Å². The summed E-state index contributed by atoms with van der Waals surface area (Å²) in [7, 11) is 0. The Morgan fingerprint density at radius 2 is 2.06 bits per heavy atom. The average molecular weight is 248 g/mol. The van der Waals surface area contributed by atoms with E-state index in [1.54, 1.807) is 0 Å². The molecule has 0 bridgehead atoms. The number of nitrogens with one attached hydrogen (secondary N) is 1. The number of hydrogen-bond donors (Lipinski definition) is 2. The second-order valence-corrected chi connectivity index (χ2v) is 3.59. The van der Waals surface area contributed by atoms with Gasteiger partial charge in [-0.1, -0.05) is 6.92 Å². The molecule has 7 heteroatoms. The van der Waals surface area contributed by atoms with Crippen LogP contribution in [-0.4, -0.2) is 22.7 Å². The molecule has 0 aromatic carbocycles. The van der Waals surface area contributed by atoms with Gasteiger partial charge < -0.3 is 11.1 Å². The number of nitrogens with zero attached hydrogens (tertiary/aromatic N) is 2. The molecule has 1 rings (SSSR count). The first-order chi connectivity index (χ1) is 7.94. The van der Waals surface area contributed by atoms with Crippen LogP contribution in [0.2, 0.25) is 0 Å². The summed E-state index contributed by atoms with van der Waals surface area (Å²) >= 11 is 0. The fourth-order valence-corrected chi connectivity index (χ4v) is 1.42. The van der Waals surface area contributed by atoms with E-state index in [4.69, 9.17) is 5.73 Å². The SMILES string of the molecule is CCc1c(N)ncnc1NCCCC(F)(F)F. The zero-order chi connectivity index (χ0) is 12.9. The van der Waals surface area contributed by atoms with Gasteiger partial charge in [0, 0.05) is 18.5 Å². The van der Waals surface area contributed by atoms with Crippen LogP contribution in [-0.2, 0) is 6.42 Å². The topological polar surface area (TPSA) is 63.8 Å². The Bertz CT molecular complexity index is 365. The maximum Gasteiger partial charge on any atom is 0.389 e. The molecule has 1 heterocycles. The molecular weight excluding hydrogens is 233 g/mol. The summed E-state index contributed by atoms with van der Waals surface area (Å²) in [5.41, 5.74) is 6.37. The average Bonchev–Trinajstić information content (AvgIpc) is 2.23. The molecule has 96 valence electrons. The summed E-state index contributed by atoms with van der Waals surface area (Å²) in [5.74, 6) is 0.878. The number of anilines is 2. The minimum Gasteiger partial charge on any atom is -0.383 e. The van der Waals surface area contributed by atoms with Crippen molar-refractivity contribution in [3.63, 3.8) is 0 Å². The molecule has 0 spiro atoms. The normalized spacial score (nSPS) is 11.5. The lowest BCUT2D eigenvalue weighted by Gasteiger charge is -2.11. The Morgan fingerprint density at radius 3 is 2.65 bits per heavy atom. The number of hydrogen-bond acceptors (Lipinski definition) is 4. The summed E-state index contributed by atoms with van der Waals surface area (Å²) < 4.78 is 35.8. The maximum absolute atomic E-state index is 11.9. The fraction of sp³-hybridized carbons (Fsp3) is 0.600. The van der Waals surface area contributed by atoms with Crippen LogP contribution in [0.25, 0.3) is 0 Å². The van der Waals surface area contributed by atoms with Gasteiger partial charge in [-0.3, -0.25) is 0 Å². The largest absolute Gasteiger partial charge is 0.389 e. The lowest BCUT2D eigenvalue weighted by atomic mass is 10.2. The van der Waals surface area contributed by atoms with Crippen LogP contribution in [0.15, 0.2) is 6.33 Å². The Balaban J connectivity index is 2.49. The number of alkyl halides is 3. The first kappa shape index (κ1) is 13.5. The van der Waals surface area contributed by atoms with Gasteiger partial charge in [0.15, 0.2) is 0 Å². The number of rotatable bonds is 5. The van der Waals surface area contributed by atoms with Crippen molar-refractivity contribution < 1.29 is 13.2 Å². The van der Waals surface area contributed by atoms with Crippen LogP contribution >= 0.6 is 0 Å². The number of nitrogen functional groups attached to an aromatic ring is 1. The van der Waals surface area contributed by atoms with Gasteiger partial charge in [0.05, 0.1) is 0 Å². The van der Waals surface area contributed by atoms with Gasteiger partial charge in [-0.05, 0) is 12.8 Å². The molecule has 3 N–H and O–H groups in total. The zero-order valence-electron chi connectivity index (χ0n) is 9.51. The van der Waals surface area contributed by atoms with Crippen molar-refractivity contribution in [2.24, 2.45) is 0 Å². The molecule has 0 aliphatic heterocycles. The second-order valence-electron chi connectivity index (χ2n) is 3.59. The first-order valence-corrected chi connectivity index (χ1v) is 5.34. The van der Waals surface area contributed by atoms with Gasteiger partial charge in [0.1, 0.15) is 18.0 Å². The van der Waals surface area contributed by atoms with Crippen molar-refractivity contribution in [1.82, 2.24) is 9.97 Å². The molecule has 1 aromatic heterocycles. The summed E-state index contributed by atoms with van der Waals surface area (Å²) in [4.78, 5) is 7.79. The van der Waals surface area contributed by atoms with Crippen molar-refractivity contribution in [3.05, 3.63) is 11.9 Å². The molecule has 0 fully saturated rings. The lowest BCUT2D eigenvalue weighted by molar-refractivity contribution is -0.134.